The van der Waals surface area contributed by atoms with Gasteiger partial charge in [-0.3, -0.25) is 9.59 Å². The van der Waals surface area contributed by atoms with Crippen molar-refractivity contribution in [3.05, 3.63) is 22.4 Å². The average molecular weight is 391 g/mol. The van der Waals surface area contributed by atoms with Crippen molar-refractivity contribution < 1.29 is 14.4 Å². The van der Waals surface area contributed by atoms with Gasteiger partial charge in [-0.2, -0.15) is 0 Å². The lowest BCUT2D eigenvalue weighted by Crippen LogP contribution is -2.70. The first kappa shape index (κ1) is 18.3. The highest BCUT2D eigenvalue weighted by atomic mass is 32.1. The molecule has 7 nitrogen and oxygen atoms in total. The van der Waals surface area contributed by atoms with Gasteiger partial charge in [-0.1, -0.05) is 25.3 Å². The van der Waals surface area contributed by atoms with E-state index < -0.39 is 12.1 Å². The van der Waals surface area contributed by atoms with Gasteiger partial charge < -0.3 is 20.4 Å². The maximum atomic E-state index is 12.8. The molecule has 0 bridgehead atoms. The van der Waals surface area contributed by atoms with Crippen LogP contribution in [0.25, 0.3) is 0 Å². The Hall–Kier alpha value is -2.09. The number of hydrogen-bond donors (Lipinski definition) is 2. The second-order valence-electron chi connectivity index (χ2n) is 7.62. The molecule has 2 atom stereocenters. The van der Waals surface area contributed by atoms with Crippen molar-refractivity contribution >= 4 is 29.2 Å². The SMILES string of the molecule is O=C1N[C@@H](Cc2cccs2)C(=O)N2CCN(C(=O)NC3CCCCC3)C[C@@H]12. The van der Waals surface area contributed by atoms with Crippen LogP contribution in [0.1, 0.15) is 37.0 Å². The van der Waals surface area contributed by atoms with Crippen molar-refractivity contribution in [2.45, 2.75) is 56.7 Å². The van der Waals surface area contributed by atoms with Crippen molar-refractivity contribution in [1.82, 2.24) is 20.4 Å². The molecular formula is C19H26N4O3S. The van der Waals surface area contributed by atoms with Crippen LogP contribution in [0.2, 0.25) is 0 Å². The topological polar surface area (TPSA) is 81.8 Å². The zero-order chi connectivity index (χ0) is 18.8. The summed E-state index contributed by atoms with van der Waals surface area (Å²) in [6, 6.07) is 2.97. The monoisotopic (exact) mass is 390 g/mol. The van der Waals surface area contributed by atoms with Crippen molar-refractivity contribution in [2.24, 2.45) is 0 Å². The van der Waals surface area contributed by atoms with E-state index in [2.05, 4.69) is 10.6 Å². The molecule has 27 heavy (non-hydrogen) atoms. The summed E-state index contributed by atoms with van der Waals surface area (Å²) in [7, 11) is 0. The normalized spacial score (nSPS) is 26.5. The fourth-order valence-corrected chi connectivity index (χ4v) is 5.02. The lowest BCUT2D eigenvalue weighted by Gasteiger charge is -2.45. The van der Waals surface area contributed by atoms with Crippen LogP contribution >= 0.6 is 11.3 Å². The quantitative estimate of drug-likeness (QED) is 0.817. The third kappa shape index (κ3) is 3.95. The lowest BCUT2D eigenvalue weighted by molar-refractivity contribution is -0.152. The molecule has 1 saturated carbocycles. The predicted octanol–water partition coefficient (Wildman–Crippen LogP) is 1.34. The van der Waals surface area contributed by atoms with E-state index in [-0.39, 0.29) is 30.4 Å². The van der Waals surface area contributed by atoms with Gasteiger partial charge in [0.05, 0.1) is 6.54 Å². The number of urea groups is 1. The minimum atomic E-state index is -0.581. The highest BCUT2D eigenvalue weighted by Gasteiger charge is 2.44. The number of piperazine rings is 2. The molecule has 3 heterocycles. The predicted molar refractivity (Wildman–Crippen MR) is 102 cm³/mol. The van der Waals surface area contributed by atoms with Crippen LogP contribution in [0, 0.1) is 0 Å². The van der Waals surface area contributed by atoms with E-state index in [1.807, 2.05) is 17.5 Å². The second-order valence-corrected chi connectivity index (χ2v) is 8.65. The van der Waals surface area contributed by atoms with Crippen molar-refractivity contribution in [3.8, 4) is 0 Å². The molecule has 146 valence electrons. The number of hydrogen-bond acceptors (Lipinski definition) is 4. The Balaban J connectivity index is 1.36. The Labute approximate surface area is 163 Å². The summed E-state index contributed by atoms with van der Waals surface area (Å²) in [5, 5.41) is 7.93. The molecule has 1 aromatic rings. The Morgan fingerprint density at radius 2 is 2.04 bits per heavy atom. The molecule has 3 fully saturated rings. The van der Waals surface area contributed by atoms with Gasteiger partial charge in [0.25, 0.3) is 0 Å². The van der Waals surface area contributed by atoms with E-state index in [1.54, 1.807) is 21.1 Å². The van der Waals surface area contributed by atoms with Crippen LogP contribution in [0.4, 0.5) is 4.79 Å². The van der Waals surface area contributed by atoms with Crippen LogP contribution in [0.15, 0.2) is 17.5 Å². The van der Waals surface area contributed by atoms with E-state index in [4.69, 9.17) is 0 Å². The molecule has 4 amide bonds. The number of fused-ring (bicyclic) bond motifs is 1. The standard InChI is InChI=1S/C19H26N4O3S/c24-17-16-12-22(19(26)20-13-5-2-1-3-6-13)8-9-23(16)18(25)15(21-17)11-14-7-4-10-27-14/h4,7,10,13,15-16H,1-3,5-6,8-9,11-12H2,(H,20,26)(H,21,24)/t15-,16-/m0/s1. The summed E-state index contributed by atoms with van der Waals surface area (Å²) in [5.74, 6) is -0.202. The van der Waals surface area contributed by atoms with Crippen LogP contribution in [-0.2, 0) is 16.0 Å². The first-order valence-electron chi connectivity index (χ1n) is 9.80. The first-order chi connectivity index (χ1) is 13.1. The van der Waals surface area contributed by atoms with Gasteiger partial charge in [-0.05, 0) is 24.3 Å². The minimum Gasteiger partial charge on any atom is -0.342 e. The Morgan fingerprint density at radius 3 is 2.78 bits per heavy atom. The molecular weight excluding hydrogens is 364 g/mol. The van der Waals surface area contributed by atoms with Gasteiger partial charge in [-0.25, -0.2) is 4.79 Å². The van der Waals surface area contributed by atoms with Crippen molar-refractivity contribution in [2.75, 3.05) is 19.6 Å². The molecule has 8 heteroatoms. The van der Waals surface area contributed by atoms with E-state index in [0.29, 0.717) is 19.5 Å². The molecule has 3 aliphatic rings. The molecule has 0 spiro atoms. The first-order valence-corrected chi connectivity index (χ1v) is 10.7. The molecule has 0 radical (unpaired) electrons. The largest absolute Gasteiger partial charge is 0.342 e. The van der Waals surface area contributed by atoms with Gasteiger partial charge in [0.15, 0.2) is 0 Å². The van der Waals surface area contributed by atoms with Crippen LogP contribution in [-0.4, -0.2) is 65.4 Å². The number of nitrogens with one attached hydrogen (secondary N) is 2. The van der Waals surface area contributed by atoms with Crippen molar-refractivity contribution in [3.63, 3.8) is 0 Å². The van der Waals surface area contributed by atoms with E-state index in [9.17, 15) is 14.4 Å². The van der Waals surface area contributed by atoms with Gasteiger partial charge in [-0.15, -0.1) is 11.3 Å². The summed E-state index contributed by atoms with van der Waals surface area (Å²) < 4.78 is 0. The van der Waals surface area contributed by atoms with Crippen LogP contribution in [0.3, 0.4) is 0 Å². The van der Waals surface area contributed by atoms with Gasteiger partial charge >= 0.3 is 6.03 Å². The van der Waals surface area contributed by atoms with Crippen molar-refractivity contribution in [1.29, 1.82) is 0 Å². The fraction of sp³-hybridized carbons (Fsp3) is 0.632. The van der Waals surface area contributed by atoms with E-state index in [1.165, 1.54) is 6.42 Å². The molecule has 1 aliphatic carbocycles. The number of rotatable bonds is 3. The zero-order valence-corrected chi connectivity index (χ0v) is 16.2. The highest BCUT2D eigenvalue weighted by Crippen LogP contribution is 2.21. The molecule has 1 aromatic heterocycles. The third-order valence-corrected chi connectivity index (χ3v) is 6.68. The summed E-state index contributed by atoms with van der Waals surface area (Å²) in [4.78, 5) is 42.4. The number of carbonyl (C=O) groups is 3. The molecule has 2 N–H and O–H groups in total. The third-order valence-electron chi connectivity index (χ3n) is 5.79. The fourth-order valence-electron chi connectivity index (χ4n) is 4.27. The smallest absolute Gasteiger partial charge is 0.317 e. The number of nitrogens with zero attached hydrogens (tertiary/aromatic N) is 2. The Bertz CT molecular complexity index is 702. The van der Waals surface area contributed by atoms with E-state index >= 15 is 0 Å². The van der Waals surface area contributed by atoms with Gasteiger partial charge in [0, 0.05) is 30.4 Å². The second kappa shape index (κ2) is 7.88. The number of carbonyl (C=O) groups excluding carboxylic acids is 3. The van der Waals surface area contributed by atoms with Gasteiger partial charge in [0.2, 0.25) is 11.8 Å². The Morgan fingerprint density at radius 1 is 1.22 bits per heavy atom. The molecule has 2 aliphatic heterocycles. The lowest BCUT2D eigenvalue weighted by atomic mass is 9.95. The average Bonchev–Trinajstić information content (AvgIpc) is 3.19. The van der Waals surface area contributed by atoms with Gasteiger partial charge in [0.1, 0.15) is 12.1 Å². The molecule has 4 rings (SSSR count). The molecule has 2 saturated heterocycles. The summed E-state index contributed by atoms with van der Waals surface area (Å²) in [6.45, 7) is 1.15. The van der Waals surface area contributed by atoms with Crippen LogP contribution < -0.4 is 10.6 Å². The molecule has 0 aromatic carbocycles. The number of thiophene rings is 1. The maximum absolute atomic E-state index is 12.8. The Kier molecular flexibility index (Phi) is 5.33. The van der Waals surface area contributed by atoms with E-state index in [0.717, 1.165) is 30.6 Å². The molecule has 0 unspecified atom stereocenters. The highest BCUT2D eigenvalue weighted by molar-refractivity contribution is 7.09. The summed E-state index contributed by atoms with van der Waals surface area (Å²) in [6.07, 6.45) is 6.13. The minimum absolute atomic E-state index is 0.0414. The van der Waals surface area contributed by atoms with Crippen LogP contribution in [0.5, 0.6) is 0 Å². The summed E-state index contributed by atoms with van der Waals surface area (Å²) in [5.41, 5.74) is 0. The number of amides is 4. The zero-order valence-electron chi connectivity index (χ0n) is 15.4. The summed E-state index contributed by atoms with van der Waals surface area (Å²) >= 11 is 1.59. The maximum Gasteiger partial charge on any atom is 0.317 e.